The highest BCUT2D eigenvalue weighted by atomic mass is 19.1. The molecule has 1 amide bonds. The minimum absolute atomic E-state index is 0.244. The Morgan fingerprint density at radius 1 is 1.35 bits per heavy atom. The van der Waals surface area contributed by atoms with Crippen LogP contribution in [0.2, 0.25) is 0 Å². The van der Waals surface area contributed by atoms with Crippen molar-refractivity contribution in [3.8, 4) is 0 Å². The van der Waals surface area contributed by atoms with Crippen LogP contribution in [0.15, 0.2) is 24.3 Å². The van der Waals surface area contributed by atoms with Crippen molar-refractivity contribution in [1.82, 2.24) is 5.32 Å². The first-order valence-electron chi connectivity index (χ1n) is 5.33. The zero-order valence-corrected chi connectivity index (χ0v) is 9.44. The molecular weight excluding hydrogens is 225 g/mol. The lowest BCUT2D eigenvalue weighted by Gasteiger charge is -2.13. The van der Waals surface area contributed by atoms with E-state index in [1.54, 1.807) is 0 Å². The van der Waals surface area contributed by atoms with E-state index in [-0.39, 0.29) is 5.56 Å². The van der Waals surface area contributed by atoms with Gasteiger partial charge in [0.15, 0.2) is 0 Å². The van der Waals surface area contributed by atoms with E-state index < -0.39 is 23.7 Å². The van der Waals surface area contributed by atoms with Gasteiger partial charge in [-0.1, -0.05) is 13.3 Å². The highest BCUT2D eigenvalue weighted by Crippen LogP contribution is 2.04. The molecule has 0 bridgehead atoms. The third kappa shape index (κ3) is 3.86. The molecule has 1 aromatic rings. The molecule has 0 spiro atoms. The van der Waals surface area contributed by atoms with E-state index in [1.165, 1.54) is 12.1 Å². The Bertz CT molecular complexity index is 403. The number of amides is 1. The fourth-order valence-corrected chi connectivity index (χ4v) is 1.39. The number of carbonyl (C=O) groups excluding carboxylic acids is 1. The van der Waals surface area contributed by atoms with Crippen molar-refractivity contribution in [1.29, 1.82) is 0 Å². The summed E-state index contributed by atoms with van der Waals surface area (Å²) in [6.45, 7) is 1.83. The van der Waals surface area contributed by atoms with Gasteiger partial charge in [0.25, 0.3) is 5.91 Å². The SMILES string of the molecule is CCCC(NC(=O)c1ccc(F)cc1)C(=O)O. The number of benzene rings is 1. The first-order chi connectivity index (χ1) is 8.04. The third-order valence-electron chi connectivity index (χ3n) is 2.29. The molecule has 4 nitrogen and oxygen atoms in total. The molecule has 1 rings (SSSR count). The van der Waals surface area contributed by atoms with Crippen molar-refractivity contribution in [2.45, 2.75) is 25.8 Å². The molecular formula is C12H14FNO3. The second-order valence-corrected chi connectivity index (χ2v) is 3.66. The van der Waals surface area contributed by atoms with Gasteiger partial charge in [-0.05, 0) is 30.7 Å². The molecule has 0 aliphatic heterocycles. The maximum absolute atomic E-state index is 12.6. The van der Waals surface area contributed by atoms with E-state index in [1.807, 2.05) is 6.92 Å². The van der Waals surface area contributed by atoms with Crippen molar-refractivity contribution in [3.05, 3.63) is 35.6 Å². The highest BCUT2D eigenvalue weighted by Gasteiger charge is 2.19. The fourth-order valence-electron chi connectivity index (χ4n) is 1.39. The van der Waals surface area contributed by atoms with Crippen molar-refractivity contribution in [2.75, 3.05) is 0 Å². The summed E-state index contributed by atoms with van der Waals surface area (Å²) < 4.78 is 12.6. The number of nitrogens with one attached hydrogen (secondary N) is 1. The molecule has 0 saturated carbocycles. The topological polar surface area (TPSA) is 66.4 Å². The van der Waals surface area contributed by atoms with Crippen LogP contribution >= 0.6 is 0 Å². The predicted octanol–water partition coefficient (Wildman–Crippen LogP) is 1.81. The van der Waals surface area contributed by atoms with E-state index in [9.17, 15) is 14.0 Å². The Morgan fingerprint density at radius 3 is 2.41 bits per heavy atom. The van der Waals surface area contributed by atoms with Gasteiger partial charge in [0, 0.05) is 5.56 Å². The molecule has 1 unspecified atom stereocenters. The lowest BCUT2D eigenvalue weighted by Crippen LogP contribution is -2.40. The molecule has 17 heavy (non-hydrogen) atoms. The molecule has 1 aromatic carbocycles. The van der Waals surface area contributed by atoms with Gasteiger partial charge in [-0.3, -0.25) is 4.79 Å². The minimum Gasteiger partial charge on any atom is -0.480 e. The zero-order valence-electron chi connectivity index (χ0n) is 9.44. The van der Waals surface area contributed by atoms with Crippen molar-refractivity contribution < 1.29 is 19.1 Å². The highest BCUT2D eigenvalue weighted by molar-refractivity contribution is 5.96. The first kappa shape index (κ1) is 13.2. The summed E-state index contributed by atoms with van der Waals surface area (Å²) in [6, 6.07) is 4.04. The standard InChI is InChI=1S/C12H14FNO3/c1-2-3-10(12(16)17)14-11(15)8-4-6-9(13)7-5-8/h4-7,10H,2-3H2,1H3,(H,14,15)(H,16,17). The summed E-state index contributed by atoms with van der Waals surface area (Å²) in [5.74, 6) is -2.02. The van der Waals surface area contributed by atoms with Crippen molar-refractivity contribution in [3.63, 3.8) is 0 Å². The maximum atomic E-state index is 12.6. The normalized spacial score (nSPS) is 11.9. The number of halogens is 1. The maximum Gasteiger partial charge on any atom is 0.326 e. The van der Waals surface area contributed by atoms with Crippen LogP contribution in [0.3, 0.4) is 0 Å². The predicted molar refractivity (Wildman–Crippen MR) is 60.2 cm³/mol. The van der Waals surface area contributed by atoms with Crippen LogP contribution in [0, 0.1) is 5.82 Å². The van der Waals surface area contributed by atoms with E-state index in [2.05, 4.69) is 5.32 Å². The molecule has 5 heteroatoms. The average molecular weight is 239 g/mol. The molecule has 0 fully saturated rings. The Balaban J connectivity index is 2.70. The zero-order chi connectivity index (χ0) is 12.8. The Kier molecular flexibility index (Phi) is 4.63. The lowest BCUT2D eigenvalue weighted by atomic mass is 10.1. The van der Waals surface area contributed by atoms with Gasteiger partial charge >= 0.3 is 5.97 Å². The Hall–Kier alpha value is -1.91. The molecule has 0 radical (unpaired) electrons. The van der Waals surface area contributed by atoms with Gasteiger partial charge in [-0.25, -0.2) is 9.18 Å². The summed E-state index contributed by atoms with van der Waals surface area (Å²) in [4.78, 5) is 22.5. The number of hydrogen-bond donors (Lipinski definition) is 2. The molecule has 0 saturated heterocycles. The molecule has 0 aliphatic rings. The van der Waals surface area contributed by atoms with Crippen LogP contribution in [0.5, 0.6) is 0 Å². The second kappa shape index (κ2) is 5.98. The average Bonchev–Trinajstić information content (AvgIpc) is 2.29. The summed E-state index contributed by atoms with van der Waals surface area (Å²) in [7, 11) is 0. The quantitative estimate of drug-likeness (QED) is 0.823. The van der Waals surface area contributed by atoms with Crippen LogP contribution in [0.25, 0.3) is 0 Å². The number of carboxylic acid groups (broad SMARTS) is 1. The van der Waals surface area contributed by atoms with Crippen LogP contribution < -0.4 is 5.32 Å². The number of hydrogen-bond acceptors (Lipinski definition) is 2. The minimum atomic E-state index is -1.07. The third-order valence-corrected chi connectivity index (χ3v) is 2.29. The summed E-state index contributed by atoms with van der Waals surface area (Å²) >= 11 is 0. The number of rotatable bonds is 5. The van der Waals surface area contributed by atoms with Crippen molar-refractivity contribution >= 4 is 11.9 Å². The van der Waals surface area contributed by atoms with Gasteiger partial charge in [0.05, 0.1) is 0 Å². The van der Waals surface area contributed by atoms with Crippen molar-refractivity contribution in [2.24, 2.45) is 0 Å². The number of carboxylic acids is 1. The molecule has 92 valence electrons. The first-order valence-corrected chi connectivity index (χ1v) is 5.33. The second-order valence-electron chi connectivity index (χ2n) is 3.66. The van der Waals surface area contributed by atoms with Gasteiger partial charge in [0.2, 0.25) is 0 Å². The van der Waals surface area contributed by atoms with Crippen LogP contribution in [0.4, 0.5) is 4.39 Å². The fraction of sp³-hybridized carbons (Fsp3) is 0.333. The van der Waals surface area contributed by atoms with E-state index in [4.69, 9.17) is 5.11 Å². The van der Waals surface area contributed by atoms with Crippen LogP contribution in [-0.4, -0.2) is 23.0 Å². The largest absolute Gasteiger partial charge is 0.480 e. The smallest absolute Gasteiger partial charge is 0.326 e. The number of aliphatic carboxylic acids is 1. The molecule has 0 aliphatic carbocycles. The Morgan fingerprint density at radius 2 is 1.94 bits per heavy atom. The Labute approximate surface area is 98.5 Å². The molecule has 0 aromatic heterocycles. The summed E-state index contributed by atoms with van der Waals surface area (Å²) in [6.07, 6.45) is 1.02. The van der Waals surface area contributed by atoms with Gasteiger partial charge in [-0.15, -0.1) is 0 Å². The van der Waals surface area contributed by atoms with E-state index >= 15 is 0 Å². The summed E-state index contributed by atoms with van der Waals surface area (Å²) in [5.41, 5.74) is 0.244. The molecule has 0 heterocycles. The molecule has 2 N–H and O–H groups in total. The van der Waals surface area contributed by atoms with Gasteiger partial charge < -0.3 is 10.4 Å². The monoisotopic (exact) mass is 239 g/mol. The van der Waals surface area contributed by atoms with Gasteiger partial charge in [-0.2, -0.15) is 0 Å². The van der Waals surface area contributed by atoms with Crippen LogP contribution in [0.1, 0.15) is 30.1 Å². The van der Waals surface area contributed by atoms with E-state index in [0.717, 1.165) is 12.1 Å². The van der Waals surface area contributed by atoms with Gasteiger partial charge in [0.1, 0.15) is 11.9 Å². The van der Waals surface area contributed by atoms with Crippen LogP contribution in [-0.2, 0) is 4.79 Å². The summed E-state index contributed by atoms with van der Waals surface area (Å²) in [5, 5.41) is 11.3. The lowest BCUT2D eigenvalue weighted by molar-refractivity contribution is -0.139. The molecule has 1 atom stereocenters. The number of carbonyl (C=O) groups is 2. The van der Waals surface area contributed by atoms with E-state index in [0.29, 0.717) is 12.8 Å².